The van der Waals surface area contributed by atoms with E-state index >= 15 is 0 Å². The molecule has 0 aromatic heterocycles. The molecule has 1 aliphatic heterocycles. The van der Waals surface area contributed by atoms with Crippen LogP contribution >= 0.6 is 0 Å². The Morgan fingerprint density at radius 1 is 1.29 bits per heavy atom. The van der Waals surface area contributed by atoms with Crippen molar-refractivity contribution in [3.63, 3.8) is 0 Å². The molecule has 0 radical (unpaired) electrons. The number of hydrogen-bond donors (Lipinski definition) is 1. The van der Waals surface area contributed by atoms with E-state index in [2.05, 4.69) is 5.32 Å². The molecule has 0 saturated carbocycles. The molecule has 1 atom stereocenters. The predicted molar refractivity (Wildman–Crippen MR) is 82.2 cm³/mol. The molecule has 21 heavy (non-hydrogen) atoms. The van der Waals surface area contributed by atoms with E-state index in [1.54, 1.807) is 12.1 Å². The van der Waals surface area contributed by atoms with E-state index in [0.29, 0.717) is 5.56 Å². The molecule has 1 aromatic rings. The van der Waals surface area contributed by atoms with Crippen LogP contribution in [0, 0.1) is 0 Å². The van der Waals surface area contributed by atoms with Gasteiger partial charge in [0.2, 0.25) is 0 Å². The summed E-state index contributed by atoms with van der Waals surface area (Å²) in [5.74, 6) is -0.0185. The van der Waals surface area contributed by atoms with Gasteiger partial charge in [0.05, 0.1) is 4.90 Å². The topological polar surface area (TPSA) is 66.5 Å². The summed E-state index contributed by atoms with van der Waals surface area (Å²) < 4.78 is 22.9. The van der Waals surface area contributed by atoms with Crippen LogP contribution in [-0.2, 0) is 9.84 Å². The van der Waals surface area contributed by atoms with Crippen molar-refractivity contribution in [1.82, 2.24) is 10.2 Å². The van der Waals surface area contributed by atoms with Crippen molar-refractivity contribution in [3.8, 4) is 0 Å². The molecule has 0 aliphatic carbocycles. The second-order valence-corrected chi connectivity index (χ2v) is 7.52. The minimum Gasteiger partial charge on any atom is -0.334 e. The zero-order valence-corrected chi connectivity index (χ0v) is 13.3. The zero-order chi connectivity index (χ0) is 15.5. The summed E-state index contributed by atoms with van der Waals surface area (Å²) in [6.45, 7) is 1.55. The fourth-order valence-corrected chi connectivity index (χ4v) is 3.36. The van der Waals surface area contributed by atoms with Crippen LogP contribution in [0.25, 0.3) is 0 Å². The van der Waals surface area contributed by atoms with Crippen LogP contribution in [0.4, 0.5) is 0 Å². The Kier molecular flexibility index (Phi) is 5.00. The van der Waals surface area contributed by atoms with Crippen LogP contribution in [0.2, 0.25) is 0 Å². The zero-order valence-electron chi connectivity index (χ0n) is 12.5. The summed E-state index contributed by atoms with van der Waals surface area (Å²) >= 11 is 0. The highest BCUT2D eigenvalue weighted by Gasteiger charge is 2.26. The number of rotatable bonds is 4. The highest BCUT2D eigenvalue weighted by atomic mass is 32.2. The number of piperidine rings is 1. The Bertz CT molecular complexity index is 594. The van der Waals surface area contributed by atoms with Crippen LogP contribution < -0.4 is 5.32 Å². The van der Waals surface area contributed by atoms with E-state index in [-0.39, 0.29) is 16.8 Å². The predicted octanol–water partition coefficient (Wildman–Crippen LogP) is 1.30. The van der Waals surface area contributed by atoms with Gasteiger partial charge in [-0.3, -0.25) is 4.79 Å². The van der Waals surface area contributed by atoms with Gasteiger partial charge in [0.1, 0.15) is 0 Å². The monoisotopic (exact) mass is 310 g/mol. The van der Waals surface area contributed by atoms with Gasteiger partial charge in [-0.25, -0.2) is 8.42 Å². The number of likely N-dealkylation sites (N-methyl/N-ethyl adjacent to an activating group) is 1. The van der Waals surface area contributed by atoms with Crippen LogP contribution in [0.15, 0.2) is 29.2 Å². The minimum absolute atomic E-state index is 0.0185. The van der Waals surface area contributed by atoms with Crippen LogP contribution in [-0.4, -0.2) is 51.7 Å². The van der Waals surface area contributed by atoms with Crippen molar-refractivity contribution in [2.75, 3.05) is 26.4 Å². The maximum absolute atomic E-state index is 12.6. The van der Waals surface area contributed by atoms with Gasteiger partial charge in [0.15, 0.2) is 9.84 Å². The van der Waals surface area contributed by atoms with E-state index in [4.69, 9.17) is 0 Å². The Morgan fingerprint density at radius 2 is 1.95 bits per heavy atom. The maximum Gasteiger partial charge on any atom is 0.254 e. The molecule has 1 fully saturated rings. The number of nitrogens with zero attached hydrogens (tertiary/aromatic N) is 1. The third-order valence-corrected chi connectivity index (χ3v) is 4.99. The molecule has 2 rings (SSSR count). The Morgan fingerprint density at radius 3 is 2.52 bits per heavy atom. The smallest absolute Gasteiger partial charge is 0.254 e. The fourth-order valence-electron chi connectivity index (χ4n) is 2.73. The average molecular weight is 310 g/mol. The van der Waals surface area contributed by atoms with Gasteiger partial charge in [-0.15, -0.1) is 0 Å². The van der Waals surface area contributed by atoms with Gasteiger partial charge in [-0.1, -0.05) is 0 Å². The van der Waals surface area contributed by atoms with Gasteiger partial charge in [-0.2, -0.15) is 0 Å². The lowest BCUT2D eigenvalue weighted by Crippen LogP contribution is -2.48. The summed E-state index contributed by atoms with van der Waals surface area (Å²) in [4.78, 5) is 14.7. The standard InChI is InChI=1S/C15H22N2O3S/c1-16-11-13-5-3-4-10-17(13)15(18)12-6-8-14(9-7-12)21(2,19)20/h6-9,13,16H,3-5,10-11H2,1-2H3. The number of benzene rings is 1. The van der Waals surface area contributed by atoms with E-state index in [1.807, 2.05) is 11.9 Å². The van der Waals surface area contributed by atoms with Gasteiger partial charge in [0.25, 0.3) is 5.91 Å². The summed E-state index contributed by atoms with van der Waals surface area (Å²) in [5.41, 5.74) is 0.547. The van der Waals surface area contributed by atoms with Gasteiger partial charge < -0.3 is 10.2 Å². The molecule has 1 N–H and O–H groups in total. The Balaban J connectivity index is 2.18. The summed E-state index contributed by atoms with van der Waals surface area (Å²) in [6, 6.07) is 6.41. The minimum atomic E-state index is -3.22. The van der Waals surface area contributed by atoms with E-state index in [9.17, 15) is 13.2 Å². The number of carbonyl (C=O) groups excluding carboxylic acids is 1. The molecule has 1 aromatic carbocycles. The molecule has 6 heteroatoms. The molecular weight excluding hydrogens is 288 g/mol. The Labute approximate surface area is 126 Å². The number of hydrogen-bond acceptors (Lipinski definition) is 4. The molecule has 1 heterocycles. The fraction of sp³-hybridized carbons (Fsp3) is 0.533. The van der Waals surface area contributed by atoms with Crippen molar-refractivity contribution in [2.45, 2.75) is 30.2 Å². The number of likely N-dealkylation sites (tertiary alicyclic amines) is 1. The molecule has 1 aliphatic rings. The lowest BCUT2D eigenvalue weighted by Gasteiger charge is -2.35. The number of amides is 1. The largest absolute Gasteiger partial charge is 0.334 e. The average Bonchev–Trinajstić information content (AvgIpc) is 2.47. The highest BCUT2D eigenvalue weighted by Crippen LogP contribution is 2.20. The Hall–Kier alpha value is -1.40. The lowest BCUT2D eigenvalue weighted by atomic mass is 10.0. The molecule has 1 unspecified atom stereocenters. The van der Waals surface area contributed by atoms with E-state index in [0.717, 1.165) is 38.6 Å². The number of nitrogens with one attached hydrogen (secondary N) is 1. The normalized spacial score (nSPS) is 19.5. The molecule has 116 valence electrons. The van der Waals surface area contributed by atoms with Gasteiger partial charge in [-0.05, 0) is 50.6 Å². The molecule has 1 saturated heterocycles. The molecule has 0 spiro atoms. The second kappa shape index (κ2) is 6.58. The highest BCUT2D eigenvalue weighted by molar-refractivity contribution is 7.90. The first-order chi connectivity index (χ1) is 9.93. The van der Waals surface area contributed by atoms with Crippen molar-refractivity contribution in [2.24, 2.45) is 0 Å². The first kappa shape index (κ1) is 16.0. The van der Waals surface area contributed by atoms with Crippen LogP contribution in [0.3, 0.4) is 0 Å². The molecule has 5 nitrogen and oxygen atoms in total. The van der Waals surface area contributed by atoms with E-state index < -0.39 is 9.84 Å². The van der Waals surface area contributed by atoms with Gasteiger partial charge in [0, 0.05) is 31.0 Å². The molecular formula is C15H22N2O3S. The first-order valence-corrected chi connectivity index (χ1v) is 9.08. The third-order valence-electron chi connectivity index (χ3n) is 3.86. The number of carbonyl (C=O) groups is 1. The van der Waals surface area contributed by atoms with Crippen molar-refractivity contribution >= 4 is 15.7 Å². The van der Waals surface area contributed by atoms with Crippen molar-refractivity contribution in [1.29, 1.82) is 0 Å². The van der Waals surface area contributed by atoms with Gasteiger partial charge >= 0.3 is 0 Å². The summed E-state index contributed by atoms with van der Waals surface area (Å²) in [7, 11) is -1.34. The first-order valence-electron chi connectivity index (χ1n) is 7.19. The lowest BCUT2D eigenvalue weighted by molar-refractivity contribution is 0.0615. The summed E-state index contributed by atoms with van der Waals surface area (Å²) in [6.07, 6.45) is 4.34. The van der Waals surface area contributed by atoms with Crippen LogP contribution in [0.5, 0.6) is 0 Å². The quantitative estimate of drug-likeness (QED) is 0.910. The van der Waals surface area contributed by atoms with Crippen LogP contribution in [0.1, 0.15) is 29.6 Å². The maximum atomic E-state index is 12.6. The molecule has 0 bridgehead atoms. The molecule has 1 amide bonds. The van der Waals surface area contributed by atoms with Crippen molar-refractivity contribution < 1.29 is 13.2 Å². The third kappa shape index (κ3) is 3.83. The van der Waals surface area contributed by atoms with Crippen molar-refractivity contribution in [3.05, 3.63) is 29.8 Å². The summed E-state index contributed by atoms with van der Waals surface area (Å²) in [5, 5.41) is 3.13. The van der Waals surface area contributed by atoms with E-state index in [1.165, 1.54) is 12.1 Å². The second-order valence-electron chi connectivity index (χ2n) is 5.50. The number of sulfone groups is 1. The SMILES string of the molecule is CNCC1CCCCN1C(=O)c1ccc(S(C)(=O)=O)cc1.